The number of aryl methyl sites for hydroxylation is 1. The summed E-state index contributed by atoms with van der Waals surface area (Å²) in [6, 6.07) is 5.02. The first-order valence-electron chi connectivity index (χ1n) is 9.63. The minimum absolute atomic E-state index is 0.0904. The third-order valence-electron chi connectivity index (χ3n) is 4.94. The van der Waals surface area contributed by atoms with Crippen molar-refractivity contribution in [3.8, 4) is 11.3 Å². The minimum Gasteiger partial charge on any atom is -0.478 e. The Balaban J connectivity index is 0.000000383. The van der Waals surface area contributed by atoms with E-state index < -0.39 is 5.97 Å². The van der Waals surface area contributed by atoms with Crippen LogP contribution in [0.4, 0.5) is 5.82 Å². The molecule has 0 aliphatic carbocycles. The van der Waals surface area contributed by atoms with E-state index in [1.54, 1.807) is 29.4 Å². The zero-order chi connectivity index (χ0) is 21.1. The summed E-state index contributed by atoms with van der Waals surface area (Å²) in [5.74, 6) is -0.570. The molecule has 154 valence electrons. The predicted octanol–water partition coefficient (Wildman–Crippen LogP) is 2.83. The summed E-state index contributed by atoms with van der Waals surface area (Å²) in [5.41, 5.74) is 3.28. The van der Waals surface area contributed by atoms with Gasteiger partial charge in [0.1, 0.15) is 5.82 Å². The zero-order valence-electron chi connectivity index (χ0n) is 16.5. The molecule has 3 aromatic heterocycles. The Labute approximate surface area is 172 Å². The molecule has 1 fully saturated rings. The summed E-state index contributed by atoms with van der Waals surface area (Å²) in [7, 11) is 0. The van der Waals surface area contributed by atoms with E-state index in [1.807, 2.05) is 6.92 Å². The van der Waals surface area contributed by atoms with Crippen LogP contribution in [0.3, 0.4) is 0 Å². The Morgan fingerprint density at radius 2 is 2.03 bits per heavy atom. The molecule has 0 spiro atoms. The Morgan fingerprint density at radius 3 is 2.67 bits per heavy atom. The number of fused-ring (bicyclic) bond motifs is 1. The molecule has 0 aromatic carbocycles. The SMILES string of the molecule is C1CCOC1.Cc1cc(-c2cncc(C(=O)O)c2)nc2c1C(=O)N(c1ccn[nH]1)C2. The van der Waals surface area contributed by atoms with E-state index in [1.165, 1.54) is 25.1 Å². The summed E-state index contributed by atoms with van der Waals surface area (Å²) >= 11 is 0. The van der Waals surface area contributed by atoms with Crippen molar-refractivity contribution in [2.24, 2.45) is 0 Å². The molecule has 0 saturated carbocycles. The minimum atomic E-state index is -1.05. The Hall–Kier alpha value is -3.59. The monoisotopic (exact) mass is 407 g/mol. The number of anilines is 1. The number of nitrogens with zero attached hydrogens (tertiary/aromatic N) is 4. The first kappa shape index (κ1) is 19.7. The second kappa shape index (κ2) is 8.42. The molecular formula is C21H21N5O4. The van der Waals surface area contributed by atoms with Crippen LogP contribution in [0.25, 0.3) is 11.3 Å². The van der Waals surface area contributed by atoms with Crippen LogP contribution >= 0.6 is 0 Å². The summed E-state index contributed by atoms with van der Waals surface area (Å²) in [5, 5.41) is 15.8. The third-order valence-corrected chi connectivity index (χ3v) is 4.94. The van der Waals surface area contributed by atoms with E-state index in [4.69, 9.17) is 9.84 Å². The van der Waals surface area contributed by atoms with Crippen LogP contribution in [0.15, 0.2) is 36.8 Å². The van der Waals surface area contributed by atoms with Crippen molar-refractivity contribution >= 4 is 17.7 Å². The van der Waals surface area contributed by atoms with Crippen molar-refractivity contribution in [1.29, 1.82) is 0 Å². The molecule has 2 aliphatic rings. The fraction of sp³-hybridized carbons (Fsp3) is 0.286. The van der Waals surface area contributed by atoms with Crippen LogP contribution in [0.1, 0.15) is 44.8 Å². The van der Waals surface area contributed by atoms with Gasteiger partial charge in [-0.1, -0.05) is 0 Å². The number of pyridine rings is 2. The van der Waals surface area contributed by atoms with Gasteiger partial charge in [-0.15, -0.1) is 0 Å². The summed E-state index contributed by atoms with van der Waals surface area (Å²) in [4.78, 5) is 33.9. The number of carbonyl (C=O) groups excluding carboxylic acids is 1. The number of carboxylic acids is 1. The molecular weight excluding hydrogens is 386 g/mol. The summed E-state index contributed by atoms with van der Waals surface area (Å²) in [6.07, 6.45) is 6.99. The van der Waals surface area contributed by atoms with Crippen LogP contribution in [-0.4, -0.2) is 50.4 Å². The number of hydrogen-bond acceptors (Lipinski definition) is 6. The molecule has 1 saturated heterocycles. The second-order valence-electron chi connectivity index (χ2n) is 7.07. The lowest BCUT2D eigenvalue weighted by Crippen LogP contribution is -2.23. The Morgan fingerprint density at radius 1 is 1.23 bits per heavy atom. The zero-order valence-corrected chi connectivity index (χ0v) is 16.5. The van der Waals surface area contributed by atoms with Gasteiger partial charge in [-0.3, -0.25) is 24.8 Å². The number of H-pyrrole nitrogens is 1. The molecule has 2 aliphatic heterocycles. The van der Waals surface area contributed by atoms with E-state index in [2.05, 4.69) is 20.2 Å². The fourth-order valence-corrected chi connectivity index (χ4v) is 3.45. The average Bonchev–Trinajstić information content (AvgIpc) is 3.51. The van der Waals surface area contributed by atoms with E-state index in [0.717, 1.165) is 18.8 Å². The van der Waals surface area contributed by atoms with Crippen LogP contribution < -0.4 is 4.90 Å². The van der Waals surface area contributed by atoms with Crippen molar-refractivity contribution in [1.82, 2.24) is 20.2 Å². The highest BCUT2D eigenvalue weighted by atomic mass is 16.5. The van der Waals surface area contributed by atoms with Crippen LogP contribution in [0.5, 0.6) is 0 Å². The number of aromatic carboxylic acids is 1. The van der Waals surface area contributed by atoms with Gasteiger partial charge in [-0.05, 0) is 37.5 Å². The van der Waals surface area contributed by atoms with Crippen molar-refractivity contribution in [3.05, 3.63) is 59.2 Å². The van der Waals surface area contributed by atoms with E-state index in [9.17, 15) is 9.59 Å². The number of carboxylic acid groups (broad SMARTS) is 1. The molecule has 9 heteroatoms. The maximum absolute atomic E-state index is 12.7. The van der Waals surface area contributed by atoms with Crippen molar-refractivity contribution in [2.45, 2.75) is 26.3 Å². The number of rotatable bonds is 3. The topological polar surface area (TPSA) is 121 Å². The van der Waals surface area contributed by atoms with Gasteiger partial charge in [0, 0.05) is 37.2 Å². The molecule has 2 N–H and O–H groups in total. The van der Waals surface area contributed by atoms with E-state index >= 15 is 0 Å². The number of nitrogens with one attached hydrogen (secondary N) is 1. The second-order valence-corrected chi connectivity index (χ2v) is 7.07. The van der Waals surface area contributed by atoms with Gasteiger partial charge >= 0.3 is 5.97 Å². The van der Waals surface area contributed by atoms with E-state index in [-0.39, 0.29) is 11.5 Å². The van der Waals surface area contributed by atoms with Crippen molar-refractivity contribution in [3.63, 3.8) is 0 Å². The number of carbonyl (C=O) groups is 2. The molecule has 9 nitrogen and oxygen atoms in total. The molecule has 5 rings (SSSR count). The van der Waals surface area contributed by atoms with Gasteiger partial charge in [0.05, 0.1) is 35.3 Å². The van der Waals surface area contributed by atoms with Crippen molar-refractivity contribution < 1.29 is 19.4 Å². The molecule has 5 heterocycles. The van der Waals surface area contributed by atoms with Gasteiger partial charge in [0.2, 0.25) is 0 Å². The molecule has 3 aromatic rings. The first-order valence-corrected chi connectivity index (χ1v) is 9.63. The van der Waals surface area contributed by atoms with Crippen LogP contribution in [0, 0.1) is 6.92 Å². The lowest BCUT2D eigenvalue weighted by atomic mass is 10.0. The molecule has 0 radical (unpaired) electrons. The highest BCUT2D eigenvalue weighted by molar-refractivity contribution is 6.10. The quantitative estimate of drug-likeness (QED) is 0.685. The van der Waals surface area contributed by atoms with Crippen molar-refractivity contribution in [2.75, 3.05) is 18.1 Å². The van der Waals surface area contributed by atoms with Crippen LogP contribution in [0.2, 0.25) is 0 Å². The first-order chi connectivity index (χ1) is 14.5. The third kappa shape index (κ3) is 3.92. The predicted molar refractivity (Wildman–Crippen MR) is 108 cm³/mol. The highest BCUT2D eigenvalue weighted by Gasteiger charge is 2.32. The maximum atomic E-state index is 12.7. The largest absolute Gasteiger partial charge is 0.478 e. The number of ether oxygens (including phenoxy) is 1. The molecule has 1 amide bonds. The summed E-state index contributed by atoms with van der Waals surface area (Å²) in [6.45, 7) is 4.17. The Kier molecular flexibility index (Phi) is 5.53. The molecule has 30 heavy (non-hydrogen) atoms. The lowest BCUT2D eigenvalue weighted by molar-refractivity contribution is 0.0696. The van der Waals surface area contributed by atoms with Gasteiger partial charge in [0.25, 0.3) is 5.91 Å². The number of aromatic nitrogens is 4. The highest BCUT2D eigenvalue weighted by Crippen LogP contribution is 2.31. The van der Waals surface area contributed by atoms with Crippen LogP contribution in [-0.2, 0) is 11.3 Å². The normalized spacial score (nSPS) is 15.0. The molecule has 0 atom stereocenters. The van der Waals surface area contributed by atoms with Gasteiger partial charge in [-0.2, -0.15) is 5.10 Å². The number of amides is 1. The summed E-state index contributed by atoms with van der Waals surface area (Å²) < 4.78 is 4.94. The fourth-order valence-electron chi connectivity index (χ4n) is 3.45. The Bertz CT molecular complexity index is 1070. The smallest absolute Gasteiger partial charge is 0.337 e. The number of hydrogen-bond donors (Lipinski definition) is 2. The standard InChI is InChI=1S/C17H13N5O3.C4H8O/c1-9-4-12(10-5-11(17(24)25)7-18-6-10)20-13-8-22(16(23)15(9)13)14-2-3-19-21-14;1-2-4-5-3-1/h2-7H,8H2,1H3,(H,19,21)(H,24,25);1-4H2. The van der Waals surface area contributed by atoms with Gasteiger partial charge in [0.15, 0.2) is 0 Å². The number of aromatic amines is 1. The average molecular weight is 407 g/mol. The maximum Gasteiger partial charge on any atom is 0.337 e. The van der Waals surface area contributed by atoms with Gasteiger partial charge < -0.3 is 9.84 Å². The molecule has 0 bridgehead atoms. The molecule has 0 unspecified atom stereocenters. The van der Waals surface area contributed by atoms with E-state index in [0.29, 0.717) is 34.9 Å². The van der Waals surface area contributed by atoms with Gasteiger partial charge in [-0.25, -0.2) is 4.79 Å². The lowest BCUT2D eigenvalue weighted by Gasteiger charge is -2.11.